The Hall–Kier alpha value is -1.58. The summed E-state index contributed by atoms with van der Waals surface area (Å²) < 4.78 is 6.24. The summed E-state index contributed by atoms with van der Waals surface area (Å²) in [5, 5.41) is 2.94. The van der Waals surface area contributed by atoms with Crippen molar-refractivity contribution in [1.29, 1.82) is 0 Å². The molecule has 4 aliphatic rings. The molecule has 160 valence electrons. The summed E-state index contributed by atoms with van der Waals surface area (Å²) in [6, 6.07) is 0.0847. The van der Waals surface area contributed by atoms with Gasteiger partial charge in [0.1, 0.15) is 5.60 Å². The average molecular weight is 400 g/mol. The Morgan fingerprint density at radius 2 is 1.93 bits per heavy atom. The molecule has 0 aliphatic heterocycles. The van der Waals surface area contributed by atoms with Gasteiger partial charge in [-0.05, 0) is 88.7 Å². The molecule has 0 heterocycles. The Balaban J connectivity index is 1.62. The van der Waals surface area contributed by atoms with Crippen LogP contribution in [0.1, 0.15) is 79.6 Å². The molecular formula is C25H37NO3. The van der Waals surface area contributed by atoms with Gasteiger partial charge in [0.05, 0.1) is 0 Å². The Kier molecular flexibility index (Phi) is 4.99. The summed E-state index contributed by atoms with van der Waals surface area (Å²) in [5.74, 6) is 1.95. The maximum Gasteiger partial charge on any atom is 0.407 e. The predicted octanol–water partition coefficient (Wildman–Crippen LogP) is 5.58. The van der Waals surface area contributed by atoms with Gasteiger partial charge in [0.2, 0.25) is 0 Å². The van der Waals surface area contributed by atoms with Gasteiger partial charge < -0.3 is 10.1 Å². The Morgan fingerprint density at radius 3 is 2.62 bits per heavy atom. The fraction of sp³-hybridized carbons (Fsp3) is 0.760. The summed E-state index contributed by atoms with van der Waals surface area (Å²) in [4.78, 5) is 24.5. The second-order valence-corrected chi connectivity index (χ2v) is 10.6. The molecule has 0 aromatic carbocycles. The zero-order chi connectivity index (χ0) is 21.0. The first kappa shape index (κ1) is 20.7. The molecule has 4 rings (SSSR count). The van der Waals surface area contributed by atoms with E-state index in [2.05, 4.69) is 32.2 Å². The molecular weight excluding hydrogens is 362 g/mol. The van der Waals surface area contributed by atoms with E-state index < -0.39 is 0 Å². The van der Waals surface area contributed by atoms with Gasteiger partial charge in [0.15, 0.2) is 5.78 Å². The number of hydrogen-bond donors (Lipinski definition) is 1. The first-order valence-corrected chi connectivity index (χ1v) is 11.6. The maximum atomic E-state index is 12.6. The van der Waals surface area contributed by atoms with Gasteiger partial charge in [-0.15, -0.1) is 0 Å². The molecule has 3 saturated carbocycles. The number of nitrogens with one attached hydrogen (secondary N) is 1. The van der Waals surface area contributed by atoms with Crippen molar-refractivity contribution < 1.29 is 14.3 Å². The smallest absolute Gasteiger partial charge is 0.407 e. The molecule has 1 N–H and O–H groups in total. The lowest BCUT2D eigenvalue weighted by Gasteiger charge is -2.58. The maximum absolute atomic E-state index is 12.6. The number of allylic oxidation sites excluding steroid dienone is 4. The first-order chi connectivity index (χ1) is 13.6. The molecule has 29 heavy (non-hydrogen) atoms. The van der Waals surface area contributed by atoms with Crippen molar-refractivity contribution in [2.24, 2.45) is 28.6 Å². The molecule has 0 saturated heterocycles. The standard InChI is InChI=1S/C25H37NO3/c1-6-25(29-22(28)26-16(2)3)14-11-21-19-8-7-17-15-18(27)9-12-23(17,4)20(19)10-13-24(21,25)5/h9,12,15-16,19-21H,6-8,10-11,13-14H2,1-5H3,(H,26,28)/t19-,20+,21+,23+,24+,25-/m1/s1. The molecule has 0 aromatic rings. The minimum absolute atomic E-state index is 0.0193. The van der Waals surface area contributed by atoms with E-state index in [0.29, 0.717) is 17.8 Å². The van der Waals surface area contributed by atoms with Crippen molar-refractivity contribution in [3.63, 3.8) is 0 Å². The molecule has 4 nitrogen and oxygen atoms in total. The van der Waals surface area contributed by atoms with Crippen LogP contribution in [0.4, 0.5) is 4.79 Å². The number of ether oxygens (including phenoxy) is 1. The van der Waals surface area contributed by atoms with Crippen LogP contribution < -0.4 is 5.32 Å². The van der Waals surface area contributed by atoms with Crippen LogP contribution in [0.15, 0.2) is 23.8 Å². The predicted molar refractivity (Wildman–Crippen MR) is 114 cm³/mol. The molecule has 6 atom stereocenters. The molecule has 0 bridgehead atoms. The van der Waals surface area contributed by atoms with Gasteiger partial charge in [-0.3, -0.25) is 4.79 Å². The van der Waals surface area contributed by atoms with Crippen LogP contribution >= 0.6 is 0 Å². The van der Waals surface area contributed by atoms with Crippen LogP contribution in [-0.2, 0) is 9.53 Å². The molecule has 3 fully saturated rings. The SMILES string of the molecule is CC[C@@]1(OC(=O)NC(C)C)CC[C@H]2[C@@H]3CCC4=CC(=O)C=C[C@]4(C)[C@H]3CC[C@@]21C. The zero-order valence-electron chi connectivity index (χ0n) is 18.7. The fourth-order valence-corrected chi connectivity index (χ4v) is 7.55. The van der Waals surface area contributed by atoms with Gasteiger partial charge in [-0.1, -0.05) is 32.4 Å². The van der Waals surface area contributed by atoms with E-state index in [-0.39, 0.29) is 34.3 Å². The number of rotatable bonds is 3. The van der Waals surface area contributed by atoms with Crippen LogP contribution in [0.25, 0.3) is 0 Å². The fourth-order valence-electron chi connectivity index (χ4n) is 7.55. The summed E-state index contributed by atoms with van der Waals surface area (Å²) >= 11 is 0. The lowest BCUT2D eigenvalue weighted by Crippen LogP contribution is -2.56. The van der Waals surface area contributed by atoms with E-state index in [1.165, 1.54) is 5.57 Å². The summed E-state index contributed by atoms with van der Waals surface area (Å²) in [7, 11) is 0. The second-order valence-electron chi connectivity index (χ2n) is 10.6. The molecule has 4 aliphatic carbocycles. The van der Waals surface area contributed by atoms with Crippen LogP contribution in [0.5, 0.6) is 0 Å². The zero-order valence-corrected chi connectivity index (χ0v) is 18.7. The molecule has 0 radical (unpaired) electrons. The van der Waals surface area contributed by atoms with Gasteiger partial charge in [0, 0.05) is 16.9 Å². The van der Waals surface area contributed by atoms with E-state index >= 15 is 0 Å². The van der Waals surface area contributed by atoms with Gasteiger partial charge >= 0.3 is 6.09 Å². The summed E-state index contributed by atoms with van der Waals surface area (Å²) in [6.07, 6.45) is 13.0. The van der Waals surface area contributed by atoms with Crippen molar-refractivity contribution in [3.8, 4) is 0 Å². The third-order valence-corrected chi connectivity index (χ3v) is 9.11. The summed E-state index contributed by atoms with van der Waals surface area (Å²) in [5.41, 5.74) is 1.02. The van der Waals surface area contributed by atoms with Crippen molar-refractivity contribution in [3.05, 3.63) is 23.8 Å². The lowest BCUT2D eigenvalue weighted by atomic mass is 9.47. The summed E-state index contributed by atoms with van der Waals surface area (Å²) in [6.45, 7) is 10.9. The normalized spacial score (nSPS) is 43.3. The third-order valence-electron chi connectivity index (χ3n) is 9.11. The van der Waals surface area contributed by atoms with Crippen molar-refractivity contribution >= 4 is 11.9 Å². The number of amides is 1. The number of carbonyl (C=O) groups excluding carboxylic acids is 2. The average Bonchev–Trinajstić information content (AvgIpc) is 2.94. The highest BCUT2D eigenvalue weighted by atomic mass is 16.6. The van der Waals surface area contributed by atoms with Gasteiger partial charge in [-0.25, -0.2) is 4.79 Å². The largest absolute Gasteiger partial charge is 0.442 e. The number of alkyl carbamates (subject to hydrolysis) is 1. The molecule has 1 amide bonds. The highest BCUT2D eigenvalue weighted by Gasteiger charge is 2.65. The van der Waals surface area contributed by atoms with Crippen LogP contribution in [0, 0.1) is 28.6 Å². The Morgan fingerprint density at radius 1 is 1.21 bits per heavy atom. The third kappa shape index (κ3) is 3.00. The lowest BCUT2D eigenvalue weighted by molar-refractivity contribution is -0.126. The second kappa shape index (κ2) is 6.99. The number of fused-ring (bicyclic) bond motifs is 5. The number of ketones is 1. The minimum Gasteiger partial charge on any atom is -0.442 e. The monoisotopic (exact) mass is 399 g/mol. The van der Waals surface area contributed by atoms with Crippen molar-refractivity contribution in [2.45, 2.75) is 91.2 Å². The topological polar surface area (TPSA) is 55.4 Å². The highest BCUT2D eigenvalue weighted by molar-refractivity contribution is 6.01. The van der Waals surface area contributed by atoms with E-state index in [0.717, 1.165) is 44.9 Å². The Labute approximate surface area is 175 Å². The molecule has 0 spiro atoms. The van der Waals surface area contributed by atoms with Crippen LogP contribution in [0.3, 0.4) is 0 Å². The van der Waals surface area contributed by atoms with E-state index in [9.17, 15) is 9.59 Å². The van der Waals surface area contributed by atoms with E-state index in [1.54, 1.807) is 6.08 Å². The van der Waals surface area contributed by atoms with Gasteiger partial charge in [0.25, 0.3) is 0 Å². The number of carbonyl (C=O) groups is 2. The van der Waals surface area contributed by atoms with Crippen molar-refractivity contribution in [1.82, 2.24) is 5.32 Å². The Bertz CT molecular complexity index is 768. The van der Waals surface area contributed by atoms with Crippen molar-refractivity contribution in [2.75, 3.05) is 0 Å². The number of hydrogen-bond acceptors (Lipinski definition) is 3. The van der Waals surface area contributed by atoms with Gasteiger partial charge in [-0.2, -0.15) is 0 Å². The molecule has 0 unspecified atom stereocenters. The molecule has 0 aromatic heterocycles. The minimum atomic E-state index is -0.364. The van der Waals surface area contributed by atoms with Crippen LogP contribution in [-0.4, -0.2) is 23.5 Å². The van der Waals surface area contributed by atoms with E-state index in [4.69, 9.17) is 4.74 Å². The highest BCUT2D eigenvalue weighted by Crippen LogP contribution is 2.68. The first-order valence-electron chi connectivity index (χ1n) is 11.6. The quantitative estimate of drug-likeness (QED) is 0.674. The van der Waals surface area contributed by atoms with E-state index in [1.807, 2.05) is 19.9 Å². The van der Waals surface area contributed by atoms with Crippen LogP contribution in [0.2, 0.25) is 0 Å². The molecule has 4 heteroatoms.